The number of halogens is 1. The van der Waals surface area contributed by atoms with Crippen LogP contribution in [0.5, 0.6) is 0 Å². The Morgan fingerprint density at radius 1 is 1.25 bits per heavy atom. The molecule has 0 radical (unpaired) electrons. The molecule has 2 saturated heterocycles. The molecule has 1 aromatic carbocycles. The van der Waals surface area contributed by atoms with Gasteiger partial charge in [0.1, 0.15) is 17.4 Å². The Bertz CT molecular complexity index is 1570. The summed E-state index contributed by atoms with van der Waals surface area (Å²) >= 11 is 6.53. The predicted molar refractivity (Wildman–Crippen MR) is 147 cm³/mol. The molecule has 0 bridgehead atoms. The normalized spacial score (nSPS) is 22.7. The molecule has 1 N–H and O–H groups in total. The third-order valence-corrected chi connectivity index (χ3v) is 10.6. The minimum atomic E-state index is -3.92. The highest BCUT2D eigenvalue weighted by Crippen LogP contribution is 2.39. The number of nitrogens with zero attached hydrogens (tertiary/aromatic N) is 6. The lowest BCUT2D eigenvalue weighted by molar-refractivity contribution is -0.122. The third-order valence-electron chi connectivity index (χ3n) is 7.99. The molecule has 0 spiro atoms. The molecule has 13 heteroatoms. The van der Waals surface area contributed by atoms with Crippen molar-refractivity contribution in [3.05, 3.63) is 53.4 Å². The monoisotopic (exact) mass is 583 g/mol. The van der Waals surface area contributed by atoms with E-state index in [0.29, 0.717) is 37.6 Å². The minimum absolute atomic E-state index is 0.0147. The number of hydrogen-bond donors (Lipinski definition) is 1. The van der Waals surface area contributed by atoms with Gasteiger partial charge in [0.2, 0.25) is 5.91 Å². The summed E-state index contributed by atoms with van der Waals surface area (Å²) in [4.78, 5) is 15.5. The SMILES string of the molecule is Cc1cc(N2C[C@H](S(=O)(=O)c3ccc(-n4cccn4)cc3Cl)C[C@H]2C(=O)NC2(C#N)CC2)n(C2CCOCC2)n1. The van der Waals surface area contributed by atoms with Crippen LogP contribution in [0.1, 0.15) is 43.8 Å². The third kappa shape index (κ3) is 4.87. The summed E-state index contributed by atoms with van der Waals surface area (Å²) in [6, 6.07) is 9.88. The zero-order valence-corrected chi connectivity index (χ0v) is 23.6. The fraction of sp³-hybridized carbons (Fsp3) is 0.481. The summed E-state index contributed by atoms with van der Waals surface area (Å²) in [5, 5.41) is 20.6. The molecule has 1 aliphatic carbocycles. The van der Waals surface area contributed by atoms with Crippen LogP contribution >= 0.6 is 11.6 Å². The van der Waals surface area contributed by atoms with Crippen LogP contribution in [0.4, 0.5) is 5.82 Å². The molecule has 3 fully saturated rings. The van der Waals surface area contributed by atoms with E-state index in [1.165, 1.54) is 6.07 Å². The van der Waals surface area contributed by atoms with E-state index in [1.807, 2.05) is 22.6 Å². The summed E-state index contributed by atoms with van der Waals surface area (Å²) in [5.41, 5.74) is 0.545. The molecule has 3 aromatic rings. The van der Waals surface area contributed by atoms with E-state index in [9.17, 15) is 18.5 Å². The number of carbonyl (C=O) groups is 1. The number of carbonyl (C=O) groups excluding carboxylic acids is 1. The second-order valence-electron chi connectivity index (χ2n) is 10.8. The summed E-state index contributed by atoms with van der Waals surface area (Å²) < 4.78 is 37.0. The van der Waals surface area contributed by atoms with Crippen LogP contribution in [0.3, 0.4) is 0 Å². The molecule has 2 atom stereocenters. The second kappa shape index (κ2) is 10.2. The molecule has 1 amide bonds. The first-order valence-electron chi connectivity index (χ1n) is 13.4. The van der Waals surface area contributed by atoms with Crippen molar-refractivity contribution in [2.24, 2.45) is 0 Å². The smallest absolute Gasteiger partial charge is 0.244 e. The quantitative estimate of drug-likeness (QED) is 0.448. The predicted octanol–water partition coefficient (Wildman–Crippen LogP) is 2.98. The molecule has 11 nitrogen and oxygen atoms in total. The molecule has 3 aliphatic rings. The van der Waals surface area contributed by atoms with Crippen molar-refractivity contribution < 1.29 is 17.9 Å². The Morgan fingerprint density at radius 3 is 2.67 bits per heavy atom. The standard InChI is InChI=1S/C27H30ClN7O4S/c1-18-13-25(35(32-18)19-5-11-39-12-6-19)33-16-21(15-23(33)26(36)31-27(17-29)7-8-27)40(37,38)24-4-3-20(14-22(24)28)34-10-2-9-30-34/h2-4,9-10,13-14,19,21,23H,5-8,11-12,15-16H2,1H3,(H,31,36)/t21-,23+/m1/s1. The van der Waals surface area contributed by atoms with Crippen molar-refractivity contribution in [1.82, 2.24) is 24.9 Å². The summed E-state index contributed by atoms with van der Waals surface area (Å²) in [6.45, 7) is 3.20. The molecule has 2 aromatic heterocycles. The van der Waals surface area contributed by atoms with Crippen LogP contribution in [0.25, 0.3) is 5.69 Å². The number of rotatable bonds is 7. The zero-order chi connectivity index (χ0) is 28.1. The van der Waals surface area contributed by atoms with E-state index in [2.05, 4.69) is 16.5 Å². The Labute approximate surface area is 237 Å². The Balaban J connectivity index is 1.34. The first-order chi connectivity index (χ1) is 19.2. The van der Waals surface area contributed by atoms with Crippen LogP contribution in [-0.4, -0.2) is 70.5 Å². The van der Waals surface area contributed by atoms with Gasteiger partial charge < -0.3 is 15.0 Å². The number of benzene rings is 1. The summed E-state index contributed by atoms with van der Waals surface area (Å²) in [6.07, 6.45) is 6.15. The van der Waals surface area contributed by atoms with Gasteiger partial charge in [0.05, 0.1) is 38.7 Å². The number of sulfone groups is 1. The highest BCUT2D eigenvalue weighted by molar-refractivity contribution is 7.92. The van der Waals surface area contributed by atoms with Gasteiger partial charge in [-0.15, -0.1) is 0 Å². The van der Waals surface area contributed by atoms with E-state index in [-0.39, 0.29) is 34.8 Å². The van der Waals surface area contributed by atoms with Gasteiger partial charge in [-0.3, -0.25) is 4.79 Å². The number of anilines is 1. The van der Waals surface area contributed by atoms with Gasteiger partial charge in [-0.2, -0.15) is 15.5 Å². The number of nitrogens with one attached hydrogen (secondary N) is 1. The van der Waals surface area contributed by atoms with E-state index in [1.54, 1.807) is 35.3 Å². The number of hydrogen-bond acceptors (Lipinski definition) is 8. The van der Waals surface area contributed by atoms with Crippen LogP contribution in [-0.2, 0) is 19.4 Å². The van der Waals surface area contributed by atoms with Crippen LogP contribution in [0, 0.1) is 18.3 Å². The number of amides is 1. The number of nitriles is 1. The number of aromatic nitrogens is 4. The number of aryl methyl sites for hydroxylation is 1. The van der Waals surface area contributed by atoms with Gasteiger partial charge in [0.25, 0.3) is 0 Å². The topological polar surface area (TPSA) is 135 Å². The Kier molecular flexibility index (Phi) is 6.84. The Hall–Kier alpha value is -3.40. The van der Waals surface area contributed by atoms with Gasteiger partial charge in [-0.05, 0) is 63.3 Å². The van der Waals surface area contributed by atoms with Crippen molar-refractivity contribution in [2.75, 3.05) is 24.7 Å². The highest BCUT2D eigenvalue weighted by Gasteiger charge is 2.50. The van der Waals surface area contributed by atoms with Gasteiger partial charge in [0.15, 0.2) is 9.84 Å². The first-order valence-corrected chi connectivity index (χ1v) is 15.3. The van der Waals surface area contributed by atoms with Gasteiger partial charge in [0, 0.05) is 38.2 Å². The van der Waals surface area contributed by atoms with Crippen molar-refractivity contribution in [2.45, 2.75) is 66.8 Å². The fourth-order valence-corrected chi connectivity index (χ4v) is 7.85. The maximum absolute atomic E-state index is 14.0. The summed E-state index contributed by atoms with van der Waals surface area (Å²) in [7, 11) is -3.92. The summed E-state index contributed by atoms with van der Waals surface area (Å²) in [5.74, 6) is 0.346. The first kappa shape index (κ1) is 26.8. The van der Waals surface area contributed by atoms with E-state index in [4.69, 9.17) is 21.4 Å². The molecule has 40 heavy (non-hydrogen) atoms. The molecule has 6 rings (SSSR count). The minimum Gasteiger partial charge on any atom is -0.381 e. The van der Waals surface area contributed by atoms with E-state index < -0.39 is 26.7 Å². The van der Waals surface area contributed by atoms with Crippen LogP contribution in [0.2, 0.25) is 5.02 Å². The molecule has 1 saturated carbocycles. The molecule has 210 valence electrons. The molecule has 2 aliphatic heterocycles. The van der Waals surface area contributed by atoms with Gasteiger partial charge in [-0.25, -0.2) is 17.8 Å². The lowest BCUT2D eigenvalue weighted by Crippen LogP contribution is -2.48. The number of ether oxygens (including phenoxy) is 1. The van der Waals surface area contributed by atoms with Crippen LogP contribution in [0.15, 0.2) is 47.6 Å². The average Bonchev–Trinajstić information content (AvgIpc) is 3.33. The highest BCUT2D eigenvalue weighted by atomic mass is 35.5. The second-order valence-corrected chi connectivity index (χ2v) is 13.4. The van der Waals surface area contributed by atoms with Crippen molar-refractivity contribution in [3.63, 3.8) is 0 Å². The molecular weight excluding hydrogens is 554 g/mol. The zero-order valence-electron chi connectivity index (χ0n) is 22.0. The Morgan fingerprint density at radius 2 is 2.02 bits per heavy atom. The molecule has 0 unspecified atom stereocenters. The lowest BCUT2D eigenvalue weighted by atomic mass is 10.1. The molecular formula is C27H30ClN7O4S. The van der Waals surface area contributed by atoms with Crippen molar-refractivity contribution >= 4 is 33.2 Å². The van der Waals surface area contributed by atoms with Crippen molar-refractivity contribution in [3.8, 4) is 11.8 Å². The maximum Gasteiger partial charge on any atom is 0.244 e. The largest absolute Gasteiger partial charge is 0.381 e. The van der Waals surface area contributed by atoms with Crippen LogP contribution < -0.4 is 10.2 Å². The average molecular weight is 584 g/mol. The van der Waals surface area contributed by atoms with E-state index in [0.717, 1.165) is 18.5 Å². The van der Waals surface area contributed by atoms with Crippen molar-refractivity contribution in [1.29, 1.82) is 5.26 Å². The molecule has 4 heterocycles. The van der Waals surface area contributed by atoms with E-state index >= 15 is 0 Å². The van der Waals surface area contributed by atoms with Gasteiger partial charge in [-0.1, -0.05) is 11.6 Å². The maximum atomic E-state index is 14.0. The fourth-order valence-electron chi connectivity index (χ4n) is 5.61. The van der Waals surface area contributed by atoms with Gasteiger partial charge >= 0.3 is 0 Å². The lowest BCUT2D eigenvalue weighted by Gasteiger charge is -2.30.